The van der Waals surface area contributed by atoms with Crippen LogP contribution >= 0.6 is 23.2 Å². The second-order valence-electron chi connectivity index (χ2n) is 7.46. The van der Waals surface area contributed by atoms with Crippen molar-refractivity contribution in [2.24, 2.45) is 0 Å². The number of nitrogens with zero attached hydrogens (tertiary/aromatic N) is 1. The van der Waals surface area contributed by atoms with Crippen LogP contribution in [0.4, 0.5) is 0 Å². The van der Waals surface area contributed by atoms with E-state index in [1.54, 1.807) is 30.3 Å². The molecule has 170 valence electrons. The van der Waals surface area contributed by atoms with E-state index in [1.807, 2.05) is 20.8 Å². The fourth-order valence-corrected chi connectivity index (χ4v) is 4.47. The zero-order valence-electron chi connectivity index (χ0n) is 17.9. The highest BCUT2D eigenvalue weighted by Gasteiger charge is 2.27. The average Bonchev–Trinajstić information content (AvgIpc) is 2.70. The molecule has 0 saturated carbocycles. The van der Waals surface area contributed by atoms with Crippen LogP contribution in [0.25, 0.3) is 0 Å². The highest BCUT2D eigenvalue weighted by molar-refractivity contribution is 7.89. The Bertz CT molecular complexity index is 980. The van der Waals surface area contributed by atoms with E-state index in [-0.39, 0.29) is 30.0 Å². The first kappa shape index (κ1) is 25.6. The lowest BCUT2D eigenvalue weighted by molar-refractivity contribution is -0.121. The van der Waals surface area contributed by atoms with Crippen LogP contribution < -0.4 is 5.32 Å². The summed E-state index contributed by atoms with van der Waals surface area (Å²) in [5, 5.41) is 3.45. The van der Waals surface area contributed by atoms with E-state index in [0.29, 0.717) is 35.2 Å². The van der Waals surface area contributed by atoms with Gasteiger partial charge in [0.15, 0.2) is 0 Å². The van der Waals surface area contributed by atoms with E-state index in [0.717, 1.165) is 9.87 Å². The summed E-state index contributed by atoms with van der Waals surface area (Å²) < 4.78 is 33.1. The number of hydrogen-bond donors (Lipinski definition) is 1. The summed E-state index contributed by atoms with van der Waals surface area (Å²) in [7, 11) is -3.91. The van der Waals surface area contributed by atoms with Gasteiger partial charge in [-0.2, -0.15) is 4.31 Å². The van der Waals surface area contributed by atoms with Gasteiger partial charge in [0, 0.05) is 19.7 Å². The van der Waals surface area contributed by atoms with Gasteiger partial charge >= 0.3 is 0 Å². The molecule has 0 fully saturated rings. The Kier molecular flexibility index (Phi) is 9.78. The summed E-state index contributed by atoms with van der Waals surface area (Å²) in [6, 6.07) is 11.4. The summed E-state index contributed by atoms with van der Waals surface area (Å²) in [4.78, 5) is 12.6. The molecule has 0 atom stereocenters. The maximum absolute atomic E-state index is 13.3. The molecule has 0 unspecified atom stereocenters. The molecule has 0 aliphatic rings. The summed E-state index contributed by atoms with van der Waals surface area (Å²) in [5.41, 5.74) is 1.57. The second-order valence-corrected chi connectivity index (χ2v) is 10.2. The Hall–Kier alpha value is -1.64. The van der Waals surface area contributed by atoms with Gasteiger partial charge in [0.25, 0.3) is 0 Å². The van der Waals surface area contributed by atoms with Crippen LogP contribution in [-0.2, 0) is 26.1 Å². The van der Waals surface area contributed by atoms with Crippen LogP contribution in [0.5, 0.6) is 0 Å². The van der Waals surface area contributed by atoms with Crippen molar-refractivity contribution in [3.05, 3.63) is 63.6 Å². The minimum absolute atomic E-state index is 0.0169. The molecule has 0 heterocycles. The third-order valence-corrected chi connectivity index (χ3v) is 6.96. The summed E-state index contributed by atoms with van der Waals surface area (Å²) in [5.74, 6) is -0.389. The monoisotopic (exact) mass is 486 g/mol. The van der Waals surface area contributed by atoms with Crippen LogP contribution in [0.15, 0.2) is 47.4 Å². The minimum atomic E-state index is -3.91. The van der Waals surface area contributed by atoms with Gasteiger partial charge in [-0.3, -0.25) is 4.79 Å². The van der Waals surface area contributed by atoms with E-state index >= 15 is 0 Å². The fourth-order valence-electron chi connectivity index (χ4n) is 2.76. The van der Waals surface area contributed by atoms with Gasteiger partial charge in [-0.15, -0.1) is 0 Å². The predicted octanol–water partition coefficient (Wildman–Crippen LogP) is 4.42. The number of benzene rings is 2. The van der Waals surface area contributed by atoms with E-state index in [2.05, 4.69) is 5.32 Å². The van der Waals surface area contributed by atoms with Crippen molar-refractivity contribution in [3.8, 4) is 0 Å². The van der Waals surface area contributed by atoms with E-state index in [1.165, 1.54) is 12.1 Å². The van der Waals surface area contributed by atoms with Crippen molar-refractivity contribution in [1.82, 2.24) is 9.62 Å². The Balaban J connectivity index is 2.16. The average molecular weight is 487 g/mol. The molecule has 0 aromatic heterocycles. The van der Waals surface area contributed by atoms with Crippen LogP contribution in [0.1, 0.15) is 31.4 Å². The van der Waals surface area contributed by atoms with Crippen LogP contribution in [0.2, 0.25) is 10.0 Å². The molecule has 1 N–H and O–H groups in total. The van der Waals surface area contributed by atoms with Crippen molar-refractivity contribution in [2.45, 2.75) is 44.7 Å². The lowest BCUT2D eigenvalue weighted by atomic mass is 10.2. The number of carbonyl (C=O) groups excluding carboxylic acids is 1. The van der Waals surface area contributed by atoms with E-state index in [9.17, 15) is 13.2 Å². The zero-order chi connectivity index (χ0) is 23.0. The van der Waals surface area contributed by atoms with Gasteiger partial charge in [0.1, 0.15) is 0 Å². The normalized spacial score (nSPS) is 11.8. The molecule has 2 aromatic carbocycles. The van der Waals surface area contributed by atoms with Crippen LogP contribution in [0, 0.1) is 6.92 Å². The van der Waals surface area contributed by atoms with Crippen molar-refractivity contribution in [1.29, 1.82) is 0 Å². The first-order valence-electron chi connectivity index (χ1n) is 9.98. The molecule has 2 aromatic rings. The molecule has 0 aliphatic heterocycles. The Labute approximate surface area is 194 Å². The maximum atomic E-state index is 13.3. The Morgan fingerprint density at radius 1 is 1.10 bits per heavy atom. The SMILES string of the molecule is Cc1ccc(S(=O)(=O)N(CC(=O)NCCCOC(C)C)Cc2ccc(Cl)c(Cl)c2)cc1. The Morgan fingerprint density at radius 2 is 1.77 bits per heavy atom. The van der Waals surface area contributed by atoms with Crippen molar-refractivity contribution < 1.29 is 17.9 Å². The zero-order valence-corrected chi connectivity index (χ0v) is 20.2. The molecule has 9 heteroatoms. The minimum Gasteiger partial charge on any atom is -0.379 e. The van der Waals surface area contributed by atoms with Gasteiger partial charge < -0.3 is 10.1 Å². The van der Waals surface area contributed by atoms with Crippen molar-refractivity contribution in [2.75, 3.05) is 19.7 Å². The maximum Gasteiger partial charge on any atom is 0.243 e. The Morgan fingerprint density at radius 3 is 2.39 bits per heavy atom. The summed E-state index contributed by atoms with van der Waals surface area (Å²) in [6.07, 6.45) is 0.763. The molecule has 31 heavy (non-hydrogen) atoms. The summed E-state index contributed by atoms with van der Waals surface area (Å²) in [6.45, 7) is 6.34. The van der Waals surface area contributed by atoms with E-state index in [4.69, 9.17) is 27.9 Å². The predicted molar refractivity (Wildman–Crippen MR) is 124 cm³/mol. The largest absolute Gasteiger partial charge is 0.379 e. The first-order valence-corrected chi connectivity index (χ1v) is 12.2. The second kappa shape index (κ2) is 11.8. The highest BCUT2D eigenvalue weighted by Crippen LogP contribution is 2.25. The molecule has 0 spiro atoms. The molecular weight excluding hydrogens is 459 g/mol. The van der Waals surface area contributed by atoms with E-state index < -0.39 is 10.0 Å². The molecule has 1 amide bonds. The first-order chi connectivity index (χ1) is 14.6. The van der Waals surface area contributed by atoms with Crippen LogP contribution in [0.3, 0.4) is 0 Å². The third kappa shape index (κ3) is 8.09. The van der Waals surface area contributed by atoms with Crippen molar-refractivity contribution >= 4 is 39.1 Å². The highest BCUT2D eigenvalue weighted by atomic mass is 35.5. The number of carbonyl (C=O) groups is 1. The standard InChI is InChI=1S/C22H28Cl2N2O4S/c1-16(2)30-12-4-11-25-22(27)15-26(14-18-7-10-20(23)21(24)13-18)31(28,29)19-8-5-17(3)6-9-19/h5-10,13,16H,4,11-12,14-15H2,1-3H3,(H,25,27). The smallest absolute Gasteiger partial charge is 0.243 e. The van der Waals surface area contributed by atoms with Gasteiger partial charge in [0.2, 0.25) is 15.9 Å². The lowest BCUT2D eigenvalue weighted by Gasteiger charge is -2.22. The number of ether oxygens (including phenoxy) is 1. The molecule has 0 saturated heterocycles. The molecule has 2 rings (SSSR count). The van der Waals surface area contributed by atoms with Crippen LogP contribution in [-0.4, -0.2) is 44.4 Å². The number of hydrogen-bond acceptors (Lipinski definition) is 4. The lowest BCUT2D eigenvalue weighted by Crippen LogP contribution is -2.40. The topological polar surface area (TPSA) is 75.7 Å². The quantitative estimate of drug-likeness (QED) is 0.476. The number of nitrogens with one attached hydrogen (secondary N) is 1. The molecule has 0 bridgehead atoms. The molecular formula is C22H28Cl2N2O4S. The van der Waals surface area contributed by atoms with Gasteiger partial charge in [-0.1, -0.05) is 47.0 Å². The van der Waals surface area contributed by atoms with Gasteiger partial charge in [0.05, 0.1) is 27.6 Å². The van der Waals surface area contributed by atoms with Crippen molar-refractivity contribution in [3.63, 3.8) is 0 Å². The van der Waals surface area contributed by atoms with Gasteiger partial charge in [-0.05, 0) is 57.0 Å². The third-order valence-electron chi connectivity index (χ3n) is 4.42. The molecule has 6 nitrogen and oxygen atoms in total. The van der Waals surface area contributed by atoms with Gasteiger partial charge in [-0.25, -0.2) is 8.42 Å². The fraction of sp³-hybridized carbons (Fsp3) is 0.409. The number of halogens is 2. The number of aryl methyl sites for hydroxylation is 1. The molecule has 0 aliphatic carbocycles. The number of sulfonamides is 1. The summed E-state index contributed by atoms with van der Waals surface area (Å²) >= 11 is 12.0. The number of amides is 1. The number of rotatable bonds is 11. The molecule has 0 radical (unpaired) electrons.